The minimum atomic E-state index is -4.01. The molecular formula is C21H24ClFN2O4S. The number of carbonyl (C=O) groups is 1. The van der Waals surface area contributed by atoms with Crippen molar-refractivity contribution >= 4 is 27.5 Å². The molecule has 1 aliphatic rings. The Kier molecular flexibility index (Phi) is 7.00. The summed E-state index contributed by atoms with van der Waals surface area (Å²) in [7, 11) is -2.68. The summed E-state index contributed by atoms with van der Waals surface area (Å²) in [4.78, 5) is 12.6. The lowest BCUT2D eigenvalue weighted by atomic mass is 9.98. The van der Waals surface area contributed by atoms with Crippen molar-refractivity contribution in [3.63, 3.8) is 0 Å². The van der Waals surface area contributed by atoms with E-state index in [2.05, 4.69) is 5.32 Å². The molecule has 2 aromatic rings. The van der Waals surface area contributed by atoms with Crippen molar-refractivity contribution in [2.75, 3.05) is 20.2 Å². The number of hydrogen-bond acceptors (Lipinski definition) is 4. The van der Waals surface area contributed by atoms with E-state index in [4.69, 9.17) is 16.3 Å². The molecular weight excluding hydrogens is 431 g/mol. The third-order valence-electron chi connectivity index (χ3n) is 5.23. The van der Waals surface area contributed by atoms with Crippen molar-refractivity contribution in [3.8, 4) is 5.75 Å². The first-order chi connectivity index (χ1) is 14.2. The van der Waals surface area contributed by atoms with Gasteiger partial charge in [-0.3, -0.25) is 4.79 Å². The maximum atomic E-state index is 13.7. The van der Waals surface area contributed by atoms with Gasteiger partial charge in [-0.1, -0.05) is 23.7 Å². The highest BCUT2D eigenvalue weighted by molar-refractivity contribution is 7.89. The fourth-order valence-corrected chi connectivity index (χ4v) is 5.35. The Balaban J connectivity index is 1.73. The second-order valence-corrected chi connectivity index (χ2v) is 9.62. The van der Waals surface area contributed by atoms with Crippen molar-refractivity contribution in [1.82, 2.24) is 9.62 Å². The molecule has 6 nitrogen and oxygen atoms in total. The van der Waals surface area contributed by atoms with Gasteiger partial charge in [0.1, 0.15) is 16.5 Å². The lowest BCUT2D eigenvalue weighted by molar-refractivity contribution is -0.126. The first-order valence-electron chi connectivity index (χ1n) is 9.62. The summed E-state index contributed by atoms with van der Waals surface area (Å²) >= 11 is 5.90. The van der Waals surface area contributed by atoms with Crippen molar-refractivity contribution in [2.24, 2.45) is 5.92 Å². The number of amides is 1. The van der Waals surface area contributed by atoms with Gasteiger partial charge in [-0.15, -0.1) is 0 Å². The lowest BCUT2D eigenvalue weighted by Crippen LogP contribution is -2.45. The van der Waals surface area contributed by atoms with Crippen LogP contribution in [0.3, 0.4) is 0 Å². The molecule has 2 aromatic carbocycles. The zero-order chi connectivity index (χ0) is 21.9. The third kappa shape index (κ3) is 4.94. The van der Waals surface area contributed by atoms with Crippen molar-refractivity contribution < 1.29 is 22.3 Å². The molecule has 2 atom stereocenters. The number of nitrogens with zero attached hydrogens (tertiary/aromatic N) is 1. The summed E-state index contributed by atoms with van der Waals surface area (Å²) in [6.07, 6.45) is 1.11. The Hall–Kier alpha value is -2.16. The molecule has 1 aliphatic heterocycles. The first kappa shape index (κ1) is 22.5. The van der Waals surface area contributed by atoms with Gasteiger partial charge in [-0.25, -0.2) is 12.8 Å². The van der Waals surface area contributed by atoms with Gasteiger partial charge in [0.15, 0.2) is 0 Å². The summed E-state index contributed by atoms with van der Waals surface area (Å²) in [6, 6.07) is 10.3. The van der Waals surface area contributed by atoms with E-state index in [1.807, 2.05) is 19.1 Å². The van der Waals surface area contributed by atoms with Gasteiger partial charge in [-0.05, 0) is 55.7 Å². The normalized spacial score (nSPS) is 18.6. The van der Waals surface area contributed by atoms with Crippen molar-refractivity contribution in [1.29, 1.82) is 0 Å². The number of nitrogens with one attached hydrogen (secondary N) is 1. The number of carbonyl (C=O) groups excluding carboxylic acids is 1. The molecule has 30 heavy (non-hydrogen) atoms. The molecule has 9 heteroatoms. The SMILES string of the molecule is COc1ccc(F)cc1S(=O)(=O)N1CCCC(C(=O)NC(C)c2ccc(Cl)cc2)C1. The van der Waals surface area contributed by atoms with Crippen LogP contribution >= 0.6 is 11.6 Å². The molecule has 1 N–H and O–H groups in total. The Bertz CT molecular complexity index is 1010. The molecule has 1 amide bonds. The lowest BCUT2D eigenvalue weighted by Gasteiger charge is -2.32. The Morgan fingerprint density at radius 1 is 1.27 bits per heavy atom. The maximum Gasteiger partial charge on any atom is 0.246 e. The highest BCUT2D eigenvalue weighted by atomic mass is 35.5. The predicted octanol–water partition coefficient (Wildman–Crippen LogP) is 3.77. The molecule has 0 bridgehead atoms. The number of sulfonamides is 1. The van der Waals surface area contributed by atoms with E-state index >= 15 is 0 Å². The molecule has 0 radical (unpaired) electrons. The number of methoxy groups -OCH3 is 1. The van der Waals surface area contributed by atoms with Crippen LogP contribution in [0.1, 0.15) is 31.4 Å². The van der Waals surface area contributed by atoms with Crippen LogP contribution < -0.4 is 10.1 Å². The average Bonchev–Trinajstić information content (AvgIpc) is 2.74. The topological polar surface area (TPSA) is 75.7 Å². The summed E-state index contributed by atoms with van der Waals surface area (Å²) in [5.74, 6) is -1.32. The van der Waals surface area contributed by atoms with E-state index in [0.29, 0.717) is 17.9 Å². The largest absolute Gasteiger partial charge is 0.495 e. The fourth-order valence-electron chi connectivity index (χ4n) is 3.53. The molecule has 1 saturated heterocycles. The van der Waals surface area contributed by atoms with E-state index < -0.39 is 21.8 Å². The van der Waals surface area contributed by atoms with Crippen LogP contribution in [0.5, 0.6) is 5.75 Å². The van der Waals surface area contributed by atoms with E-state index in [9.17, 15) is 17.6 Å². The molecule has 0 aliphatic carbocycles. The molecule has 2 unspecified atom stereocenters. The van der Waals surface area contributed by atoms with Crippen LogP contribution in [0.2, 0.25) is 5.02 Å². The molecule has 1 heterocycles. The van der Waals surface area contributed by atoms with Gasteiger partial charge >= 0.3 is 0 Å². The summed E-state index contributed by atoms with van der Waals surface area (Å²) in [6.45, 7) is 2.15. The van der Waals surface area contributed by atoms with Crippen LogP contribution in [0.15, 0.2) is 47.4 Å². The Morgan fingerprint density at radius 3 is 2.63 bits per heavy atom. The van der Waals surface area contributed by atoms with E-state index in [-0.39, 0.29) is 35.7 Å². The summed E-state index contributed by atoms with van der Waals surface area (Å²) in [5, 5.41) is 3.55. The molecule has 1 fully saturated rings. The van der Waals surface area contributed by atoms with Crippen LogP contribution in [-0.4, -0.2) is 38.8 Å². The molecule has 0 aromatic heterocycles. The van der Waals surface area contributed by atoms with Gasteiger partial charge < -0.3 is 10.1 Å². The average molecular weight is 455 g/mol. The first-order valence-corrected chi connectivity index (χ1v) is 11.4. The minimum absolute atomic E-state index is 0.0289. The minimum Gasteiger partial charge on any atom is -0.495 e. The maximum absolute atomic E-state index is 13.7. The second kappa shape index (κ2) is 9.32. The van der Waals surface area contributed by atoms with Crippen molar-refractivity contribution in [2.45, 2.75) is 30.7 Å². The van der Waals surface area contributed by atoms with Gasteiger partial charge in [0.05, 0.1) is 19.1 Å². The predicted molar refractivity (Wildman–Crippen MR) is 112 cm³/mol. The van der Waals surface area contributed by atoms with E-state index in [0.717, 1.165) is 17.7 Å². The number of hydrogen-bond donors (Lipinski definition) is 1. The molecule has 0 saturated carbocycles. The van der Waals surface area contributed by atoms with Crippen LogP contribution in [0.4, 0.5) is 4.39 Å². The Morgan fingerprint density at radius 2 is 1.97 bits per heavy atom. The van der Waals surface area contributed by atoms with E-state index in [1.165, 1.54) is 17.5 Å². The highest BCUT2D eigenvalue weighted by Crippen LogP contribution is 2.30. The number of piperidine rings is 1. The zero-order valence-corrected chi connectivity index (χ0v) is 18.3. The number of rotatable bonds is 6. The van der Waals surface area contributed by atoms with Crippen LogP contribution in [0, 0.1) is 11.7 Å². The quantitative estimate of drug-likeness (QED) is 0.721. The van der Waals surface area contributed by atoms with Gasteiger partial charge in [0.2, 0.25) is 15.9 Å². The molecule has 3 rings (SSSR count). The summed E-state index contributed by atoms with van der Waals surface area (Å²) in [5.41, 5.74) is 0.900. The Labute approximate surface area is 181 Å². The smallest absolute Gasteiger partial charge is 0.246 e. The van der Waals surface area contributed by atoms with Gasteiger partial charge in [0.25, 0.3) is 0 Å². The molecule has 162 valence electrons. The molecule has 0 spiro atoms. The standard InChI is InChI=1S/C21H24ClFN2O4S/c1-14(15-5-7-17(22)8-6-15)24-21(26)16-4-3-11-25(13-16)30(27,28)20-12-18(23)9-10-19(20)29-2/h5-10,12,14,16H,3-4,11,13H2,1-2H3,(H,24,26). The van der Waals surface area contributed by atoms with Gasteiger partial charge in [-0.2, -0.15) is 4.31 Å². The van der Waals surface area contributed by atoms with Crippen molar-refractivity contribution in [3.05, 3.63) is 58.9 Å². The fraction of sp³-hybridized carbons (Fsp3) is 0.381. The monoisotopic (exact) mass is 454 g/mol. The number of ether oxygens (including phenoxy) is 1. The van der Waals surface area contributed by atoms with Crippen LogP contribution in [0.25, 0.3) is 0 Å². The number of halogens is 2. The second-order valence-electron chi connectivity index (χ2n) is 7.28. The zero-order valence-electron chi connectivity index (χ0n) is 16.8. The van der Waals surface area contributed by atoms with Crippen LogP contribution in [-0.2, 0) is 14.8 Å². The number of benzene rings is 2. The van der Waals surface area contributed by atoms with Gasteiger partial charge in [0, 0.05) is 18.1 Å². The summed E-state index contributed by atoms with van der Waals surface area (Å²) < 4.78 is 46.2. The van der Waals surface area contributed by atoms with E-state index in [1.54, 1.807) is 12.1 Å². The highest BCUT2D eigenvalue weighted by Gasteiger charge is 2.35. The third-order valence-corrected chi connectivity index (χ3v) is 7.37.